The first-order valence-electron chi connectivity index (χ1n) is 8.15. The van der Waals surface area contributed by atoms with Crippen molar-refractivity contribution < 1.29 is 14.4 Å². The predicted octanol–water partition coefficient (Wildman–Crippen LogP) is 4.40. The molecule has 3 rings (SSSR count). The number of hydrogen-bond donors (Lipinski definition) is 3. The molecule has 1 amide bonds. The molecule has 6 nitrogen and oxygen atoms in total. The third-order valence-electron chi connectivity index (χ3n) is 4.13. The molecule has 3 aromatic rings. The molecular weight excluding hydrogens is 462 g/mol. The average molecular weight is 480 g/mol. The SMILES string of the molecule is Cc1cc(C)n(-c2cc(Nc3ccc(I)cc3C)c(C(=O)NO)cc2F)n1. The highest BCUT2D eigenvalue weighted by atomic mass is 127. The molecule has 0 aliphatic carbocycles. The van der Waals surface area contributed by atoms with Crippen LogP contribution < -0.4 is 10.8 Å². The molecule has 0 saturated carbocycles. The molecule has 0 aliphatic rings. The van der Waals surface area contributed by atoms with Gasteiger partial charge in [0.05, 0.1) is 16.9 Å². The van der Waals surface area contributed by atoms with Crippen LogP contribution in [0.3, 0.4) is 0 Å². The lowest BCUT2D eigenvalue weighted by atomic mass is 10.1. The van der Waals surface area contributed by atoms with Crippen LogP contribution in [0.25, 0.3) is 5.69 Å². The second kappa shape index (κ2) is 7.65. The number of aromatic nitrogens is 2. The number of amides is 1. The molecule has 0 fully saturated rings. The Morgan fingerprint density at radius 1 is 1.15 bits per heavy atom. The van der Waals surface area contributed by atoms with Gasteiger partial charge in [0.15, 0.2) is 0 Å². The van der Waals surface area contributed by atoms with Gasteiger partial charge in [-0.15, -0.1) is 0 Å². The molecule has 0 aliphatic heterocycles. The number of carbonyl (C=O) groups is 1. The third kappa shape index (κ3) is 3.96. The zero-order valence-electron chi connectivity index (χ0n) is 15.0. The number of hydrogen-bond acceptors (Lipinski definition) is 4. The Bertz CT molecular complexity index is 1030. The van der Waals surface area contributed by atoms with Gasteiger partial charge < -0.3 is 5.32 Å². The van der Waals surface area contributed by atoms with Crippen molar-refractivity contribution in [2.24, 2.45) is 0 Å². The topological polar surface area (TPSA) is 79.2 Å². The van der Waals surface area contributed by atoms with Crippen molar-refractivity contribution in [1.82, 2.24) is 15.3 Å². The molecule has 0 atom stereocenters. The van der Waals surface area contributed by atoms with E-state index in [4.69, 9.17) is 5.21 Å². The molecule has 0 spiro atoms. The summed E-state index contributed by atoms with van der Waals surface area (Å²) in [7, 11) is 0. The van der Waals surface area contributed by atoms with E-state index < -0.39 is 11.7 Å². The van der Waals surface area contributed by atoms with Gasteiger partial charge in [0.25, 0.3) is 5.91 Å². The molecule has 3 N–H and O–H groups in total. The van der Waals surface area contributed by atoms with Gasteiger partial charge in [0.2, 0.25) is 0 Å². The fourth-order valence-electron chi connectivity index (χ4n) is 2.86. The molecule has 2 aromatic carbocycles. The van der Waals surface area contributed by atoms with E-state index in [2.05, 4.69) is 33.0 Å². The van der Waals surface area contributed by atoms with Gasteiger partial charge in [-0.05, 0) is 85.3 Å². The number of hydroxylamine groups is 1. The first-order chi connectivity index (χ1) is 12.8. The van der Waals surface area contributed by atoms with E-state index in [1.807, 2.05) is 45.0 Å². The maximum atomic E-state index is 14.7. The number of carbonyl (C=O) groups excluding carboxylic acids is 1. The number of nitrogens with one attached hydrogen (secondary N) is 2. The standard InChI is InChI=1S/C19H18FIN4O2/c1-10-6-13(21)4-5-16(10)22-17-9-18(25-12(3)7-11(2)23-25)15(20)8-14(17)19(26)24-27/h4-9,22,27H,1-3H3,(H,24,26). The quantitative estimate of drug-likeness (QED) is 0.294. The van der Waals surface area contributed by atoms with Crippen molar-refractivity contribution >= 4 is 39.9 Å². The zero-order valence-corrected chi connectivity index (χ0v) is 17.1. The fourth-order valence-corrected chi connectivity index (χ4v) is 3.51. The minimum atomic E-state index is -0.806. The molecule has 1 aromatic heterocycles. The maximum absolute atomic E-state index is 14.7. The number of aryl methyl sites for hydroxylation is 3. The first kappa shape index (κ1) is 19.3. The Balaban J connectivity index is 2.15. The van der Waals surface area contributed by atoms with Crippen molar-refractivity contribution in [3.8, 4) is 5.69 Å². The summed E-state index contributed by atoms with van der Waals surface area (Å²) in [4.78, 5) is 12.0. The van der Waals surface area contributed by atoms with Crippen LogP contribution in [0.2, 0.25) is 0 Å². The van der Waals surface area contributed by atoms with Crippen molar-refractivity contribution in [1.29, 1.82) is 0 Å². The minimum absolute atomic E-state index is 0.0155. The fraction of sp³-hybridized carbons (Fsp3) is 0.158. The van der Waals surface area contributed by atoms with Gasteiger partial charge in [-0.2, -0.15) is 5.10 Å². The lowest BCUT2D eigenvalue weighted by Gasteiger charge is -2.16. The summed E-state index contributed by atoms with van der Waals surface area (Å²) >= 11 is 2.21. The second-order valence-corrected chi connectivity index (χ2v) is 7.46. The van der Waals surface area contributed by atoms with Gasteiger partial charge in [0.1, 0.15) is 11.5 Å². The predicted molar refractivity (Wildman–Crippen MR) is 109 cm³/mol. The summed E-state index contributed by atoms with van der Waals surface area (Å²) in [6.07, 6.45) is 0. The maximum Gasteiger partial charge on any atom is 0.276 e. The Morgan fingerprint density at radius 2 is 1.89 bits per heavy atom. The Morgan fingerprint density at radius 3 is 2.48 bits per heavy atom. The molecule has 1 heterocycles. The summed E-state index contributed by atoms with van der Waals surface area (Å²) in [6, 6.07) is 10.2. The van der Waals surface area contributed by atoms with Crippen LogP contribution in [0.1, 0.15) is 27.3 Å². The Hall–Kier alpha value is -2.46. The van der Waals surface area contributed by atoms with Crippen molar-refractivity contribution in [2.45, 2.75) is 20.8 Å². The van der Waals surface area contributed by atoms with Gasteiger partial charge >= 0.3 is 0 Å². The lowest BCUT2D eigenvalue weighted by Crippen LogP contribution is -2.21. The van der Waals surface area contributed by atoms with Gasteiger partial charge in [-0.25, -0.2) is 14.6 Å². The summed E-state index contributed by atoms with van der Waals surface area (Å²) in [5.41, 5.74) is 5.37. The summed E-state index contributed by atoms with van der Waals surface area (Å²) in [6.45, 7) is 5.58. The van der Waals surface area contributed by atoms with E-state index in [0.717, 1.165) is 32.3 Å². The molecule has 0 radical (unpaired) electrons. The summed E-state index contributed by atoms with van der Waals surface area (Å²) < 4.78 is 17.3. The van der Waals surface area contributed by atoms with E-state index in [1.165, 1.54) is 10.7 Å². The van der Waals surface area contributed by atoms with Crippen LogP contribution in [0, 0.1) is 30.2 Å². The highest BCUT2D eigenvalue weighted by Gasteiger charge is 2.19. The van der Waals surface area contributed by atoms with Gasteiger partial charge in [-0.1, -0.05) is 0 Å². The highest BCUT2D eigenvalue weighted by molar-refractivity contribution is 14.1. The average Bonchev–Trinajstić information content (AvgIpc) is 2.95. The summed E-state index contributed by atoms with van der Waals surface area (Å²) in [5.74, 6) is -1.43. The van der Waals surface area contributed by atoms with Crippen LogP contribution in [0.4, 0.5) is 15.8 Å². The highest BCUT2D eigenvalue weighted by Crippen LogP contribution is 2.29. The molecule has 8 heteroatoms. The number of rotatable bonds is 4. The van der Waals surface area contributed by atoms with E-state index >= 15 is 0 Å². The number of halogens is 2. The molecular formula is C19H18FIN4O2. The van der Waals surface area contributed by atoms with Crippen molar-refractivity contribution in [3.05, 3.63) is 68.3 Å². The van der Waals surface area contributed by atoms with Crippen LogP contribution in [0.15, 0.2) is 36.4 Å². The smallest absolute Gasteiger partial charge is 0.276 e. The van der Waals surface area contributed by atoms with Crippen LogP contribution in [-0.2, 0) is 0 Å². The largest absolute Gasteiger partial charge is 0.355 e. The minimum Gasteiger partial charge on any atom is -0.355 e. The third-order valence-corrected chi connectivity index (χ3v) is 4.80. The second-order valence-electron chi connectivity index (χ2n) is 6.21. The van der Waals surface area contributed by atoms with Crippen LogP contribution in [-0.4, -0.2) is 20.9 Å². The van der Waals surface area contributed by atoms with Crippen LogP contribution in [0.5, 0.6) is 0 Å². The molecule has 0 unspecified atom stereocenters. The Labute approximate surface area is 169 Å². The van der Waals surface area contributed by atoms with Gasteiger partial charge in [-0.3, -0.25) is 10.0 Å². The first-order valence-corrected chi connectivity index (χ1v) is 9.23. The Kier molecular flexibility index (Phi) is 5.47. The number of nitrogens with zero attached hydrogens (tertiary/aromatic N) is 2. The lowest BCUT2D eigenvalue weighted by molar-refractivity contribution is 0.0707. The van der Waals surface area contributed by atoms with Crippen molar-refractivity contribution in [3.63, 3.8) is 0 Å². The van der Waals surface area contributed by atoms with E-state index in [1.54, 1.807) is 5.48 Å². The molecule has 0 bridgehead atoms. The number of anilines is 2. The molecule has 140 valence electrons. The van der Waals surface area contributed by atoms with Crippen LogP contribution >= 0.6 is 22.6 Å². The molecule has 0 saturated heterocycles. The molecule has 27 heavy (non-hydrogen) atoms. The summed E-state index contributed by atoms with van der Waals surface area (Å²) in [5, 5.41) is 16.5. The van der Waals surface area contributed by atoms with E-state index in [9.17, 15) is 9.18 Å². The monoisotopic (exact) mass is 480 g/mol. The van der Waals surface area contributed by atoms with E-state index in [0.29, 0.717) is 5.69 Å². The van der Waals surface area contributed by atoms with Gasteiger partial charge in [0, 0.05) is 15.0 Å². The normalized spacial score (nSPS) is 10.7. The number of benzene rings is 2. The van der Waals surface area contributed by atoms with E-state index in [-0.39, 0.29) is 11.3 Å². The van der Waals surface area contributed by atoms with Crippen molar-refractivity contribution in [2.75, 3.05) is 5.32 Å². The zero-order chi connectivity index (χ0) is 19.7.